The van der Waals surface area contributed by atoms with Crippen molar-refractivity contribution in [3.05, 3.63) is 52.9 Å². The minimum Gasteiger partial charge on any atom is -0.478 e. The lowest BCUT2D eigenvalue weighted by Crippen LogP contribution is -2.08. The average Bonchev–Trinajstić information content (AvgIpc) is 2.82. The number of carboxylic acid groups (broad SMARTS) is 1. The third-order valence-corrected chi connectivity index (χ3v) is 2.80. The molecule has 0 atom stereocenters. The summed E-state index contributed by atoms with van der Waals surface area (Å²) in [5, 5.41) is 11.0. The van der Waals surface area contributed by atoms with E-state index >= 15 is 0 Å². The molecule has 0 saturated carbocycles. The lowest BCUT2D eigenvalue weighted by molar-refractivity contribution is 0.0692. The Morgan fingerprint density at radius 3 is 2.24 bits per heavy atom. The van der Waals surface area contributed by atoms with E-state index in [4.69, 9.17) is 9.84 Å². The van der Waals surface area contributed by atoms with E-state index in [0.717, 1.165) is 0 Å². The Morgan fingerprint density at radius 2 is 1.71 bits per heavy atom. The van der Waals surface area contributed by atoms with Gasteiger partial charge in [0.05, 0.1) is 11.1 Å². The van der Waals surface area contributed by atoms with Crippen LogP contribution in [0.3, 0.4) is 0 Å². The highest BCUT2D eigenvalue weighted by molar-refractivity contribution is 7.11. The second-order valence-electron chi connectivity index (χ2n) is 3.20. The summed E-state index contributed by atoms with van der Waals surface area (Å²) >= 11 is 1.32. The maximum absolute atomic E-state index is 11.6. The topological polar surface area (TPSA) is 63.6 Å². The molecule has 0 spiro atoms. The number of carbonyl (C=O) groups excluding carboxylic acids is 1. The Balaban J connectivity index is 2.12. The average molecular weight is 248 g/mol. The summed E-state index contributed by atoms with van der Waals surface area (Å²) in [6, 6.07) is 9.06. The fourth-order valence-corrected chi connectivity index (χ4v) is 1.79. The van der Waals surface area contributed by atoms with Gasteiger partial charge in [0, 0.05) is 0 Å². The van der Waals surface area contributed by atoms with E-state index in [9.17, 15) is 9.59 Å². The number of hydrogen-bond donors (Lipinski definition) is 1. The summed E-state index contributed by atoms with van der Waals surface area (Å²) in [6.07, 6.45) is 0. The molecule has 2 aromatic rings. The summed E-state index contributed by atoms with van der Waals surface area (Å²) in [5.41, 5.74) is 0.459. The number of carbonyl (C=O) groups is 2. The predicted molar refractivity (Wildman–Crippen MR) is 62.7 cm³/mol. The number of hydrogen-bond acceptors (Lipinski definition) is 4. The van der Waals surface area contributed by atoms with Crippen molar-refractivity contribution >= 4 is 23.3 Å². The molecule has 0 unspecified atom stereocenters. The van der Waals surface area contributed by atoms with E-state index in [1.54, 1.807) is 17.5 Å². The molecule has 0 bridgehead atoms. The fraction of sp³-hybridized carbons (Fsp3) is 0. The molecule has 0 amide bonds. The fourth-order valence-electron chi connectivity index (χ4n) is 1.22. The second-order valence-corrected chi connectivity index (χ2v) is 4.11. The molecule has 4 nitrogen and oxygen atoms in total. The zero-order chi connectivity index (χ0) is 12.3. The molecule has 0 fully saturated rings. The number of carboxylic acids is 1. The van der Waals surface area contributed by atoms with Gasteiger partial charge in [-0.2, -0.15) is 0 Å². The van der Waals surface area contributed by atoms with Crippen LogP contribution in [-0.2, 0) is 0 Å². The minimum atomic E-state index is -1.02. The Labute approximate surface area is 101 Å². The smallest absolute Gasteiger partial charge is 0.344 e. The molecular formula is C12H8O4S. The number of rotatable bonds is 3. The van der Waals surface area contributed by atoms with Crippen LogP contribution in [0, 0.1) is 0 Å². The maximum Gasteiger partial charge on any atom is 0.344 e. The largest absolute Gasteiger partial charge is 0.478 e. The number of thiophene rings is 1. The van der Waals surface area contributed by atoms with Crippen molar-refractivity contribution in [2.75, 3.05) is 0 Å². The van der Waals surface area contributed by atoms with Gasteiger partial charge in [0.2, 0.25) is 0 Å². The Bertz CT molecular complexity index is 528. The van der Waals surface area contributed by atoms with Gasteiger partial charge < -0.3 is 9.84 Å². The van der Waals surface area contributed by atoms with Crippen LogP contribution >= 0.6 is 11.3 Å². The highest BCUT2D eigenvalue weighted by Crippen LogP contribution is 2.19. The summed E-state index contributed by atoms with van der Waals surface area (Å²) in [7, 11) is 0. The van der Waals surface area contributed by atoms with Crippen molar-refractivity contribution in [2.24, 2.45) is 0 Å². The number of aromatic carboxylic acids is 1. The monoisotopic (exact) mass is 248 g/mol. The SMILES string of the molecule is O=C(O)c1ccc(C(=O)Oc2cccs2)cc1. The Kier molecular flexibility index (Phi) is 3.20. The molecule has 0 aliphatic carbocycles. The first kappa shape index (κ1) is 11.3. The van der Waals surface area contributed by atoms with Gasteiger partial charge in [-0.25, -0.2) is 9.59 Å². The highest BCUT2D eigenvalue weighted by atomic mass is 32.1. The molecule has 1 heterocycles. The third-order valence-electron chi connectivity index (χ3n) is 2.06. The zero-order valence-electron chi connectivity index (χ0n) is 8.62. The van der Waals surface area contributed by atoms with E-state index in [2.05, 4.69) is 0 Å². The van der Waals surface area contributed by atoms with Gasteiger partial charge in [-0.15, -0.1) is 11.3 Å². The highest BCUT2D eigenvalue weighted by Gasteiger charge is 2.10. The van der Waals surface area contributed by atoms with Crippen LogP contribution in [0.5, 0.6) is 5.06 Å². The van der Waals surface area contributed by atoms with Crippen LogP contribution in [0.2, 0.25) is 0 Å². The predicted octanol–water partition coefficient (Wildman–Crippen LogP) is 2.67. The van der Waals surface area contributed by atoms with Crippen molar-refractivity contribution in [2.45, 2.75) is 0 Å². The van der Waals surface area contributed by atoms with Crippen LogP contribution in [0.25, 0.3) is 0 Å². The van der Waals surface area contributed by atoms with Crippen molar-refractivity contribution in [1.82, 2.24) is 0 Å². The number of esters is 1. The quantitative estimate of drug-likeness (QED) is 0.848. The number of ether oxygens (including phenoxy) is 1. The van der Waals surface area contributed by atoms with E-state index in [-0.39, 0.29) is 5.56 Å². The molecular weight excluding hydrogens is 240 g/mol. The van der Waals surface area contributed by atoms with Crippen molar-refractivity contribution in [3.63, 3.8) is 0 Å². The molecule has 5 heteroatoms. The normalized spacial score (nSPS) is 9.88. The van der Waals surface area contributed by atoms with Gasteiger partial charge in [0.1, 0.15) is 0 Å². The first-order valence-electron chi connectivity index (χ1n) is 4.76. The van der Waals surface area contributed by atoms with Gasteiger partial charge in [-0.3, -0.25) is 0 Å². The second kappa shape index (κ2) is 4.80. The van der Waals surface area contributed by atoms with Gasteiger partial charge >= 0.3 is 11.9 Å². The lowest BCUT2D eigenvalue weighted by atomic mass is 10.1. The van der Waals surface area contributed by atoms with E-state index in [1.165, 1.54) is 35.6 Å². The summed E-state index contributed by atoms with van der Waals surface area (Å²) in [5.74, 6) is -1.52. The molecule has 86 valence electrons. The molecule has 0 aliphatic heterocycles. The third kappa shape index (κ3) is 2.70. The molecule has 1 aromatic carbocycles. The van der Waals surface area contributed by atoms with Gasteiger partial charge in [-0.1, -0.05) is 0 Å². The molecule has 17 heavy (non-hydrogen) atoms. The zero-order valence-corrected chi connectivity index (χ0v) is 9.44. The number of benzene rings is 1. The van der Waals surface area contributed by atoms with Gasteiger partial charge in [0.15, 0.2) is 5.06 Å². The van der Waals surface area contributed by atoms with Crippen molar-refractivity contribution in [1.29, 1.82) is 0 Å². The Hall–Kier alpha value is -2.14. The van der Waals surface area contributed by atoms with Crippen LogP contribution in [0.15, 0.2) is 41.8 Å². The molecule has 0 saturated heterocycles. The molecule has 2 rings (SSSR count). The lowest BCUT2D eigenvalue weighted by Gasteiger charge is -2.01. The maximum atomic E-state index is 11.6. The standard InChI is InChI=1S/C12H8O4S/c13-11(14)8-3-5-9(6-4-8)12(15)16-10-2-1-7-17-10/h1-7H,(H,13,14). The van der Waals surface area contributed by atoms with Crippen molar-refractivity contribution in [3.8, 4) is 5.06 Å². The minimum absolute atomic E-state index is 0.137. The van der Waals surface area contributed by atoms with Gasteiger partial charge in [-0.05, 0) is 41.8 Å². The first-order chi connectivity index (χ1) is 8.16. The van der Waals surface area contributed by atoms with Gasteiger partial charge in [0.25, 0.3) is 0 Å². The summed E-state index contributed by atoms with van der Waals surface area (Å²) in [4.78, 5) is 22.3. The van der Waals surface area contributed by atoms with E-state index < -0.39 is 11.9 Å². The molecule has 1 aromatic heterocycles. The van der Waals surface area contributed by atoms with Crippen LogP contribution < -0.4 is 4.74 Å². The first-order valence-corrected chi connectivity index (χ1v) is 5.64. The van der Waals surface area contributed by atoms with Crippen LogP contribution in [0.4, 0.5) is 0 Å². The molecule has 0 radical (unpaired) electrons. The van der Waals surface area contributed by atoms with Crippen molar-refractivity contribution < 1.29 is 19.4 Å². The molecule has 0 aliphatic rings. The van der Waals surface area contributed by atoms with Crippen LogP contribution in [-0.4, -0.2) is 17.0 Å². The van der Waals surface area contributed by atoms with E-state index in [1.807, 2.05) is 0 Å². The summed E-state index contributed by atoms with van der Waals surface area (Å²) in [6.45, 7) is 0. The summed E-state index contributed by atoms with van der Waals surface area (Å²) < 4.78 is 5.07. The molecule has 1 N–H and O–H groups in total. The van der Waals surface area contributed by atoms with E-state index in [0.29, 0.717) is 10.6 Å². The van der Waals surface area contributed by atoms with Crippen LogP contribution in [0.1, 0.15) is 20.7 Å². The Morgan fingerprint density at radius 1 is 1.06 bits per heavy atom.